The van der Waals surface area contributed by atoms with Gasteiger partial charge in [-0.1, -0.05) is 187 Å². The first kappa shape index (κ1) is 51.3. The average molecular weight is 755 g/mol. The van der Waals surface area contributed by atoms with Gasteiger partial charge in [-0.2, -0.15) is 0 Å². The molecule has 2 atom stereocenters. The van der Waals surface area contributed by atoms with Gasteiger partial charge >= 0.3 is 17.9 Å². The highest BCUT2D eigenvalue weighted by atomic mass is 16.6. The molecular formula is C45H88NO7+. The highest BCUT2D eigenvalue weighted by Crippen LogP contribution is 2.16. The van der Waals surface area contributed by atoms with E-state index in [4.69, 9.17) is 14.2 Å². The summed E-state index contributed by atoms with van der Waals surface area (Å²) in [5.74, 6) is -1.45. The molecule has 2 unspecified atom stereocenters. The Morgan fingerprint density at radius 3 is 1.17 bits per heavy atom. The van der Waals surface area contributed by atoms with Crippen LogP contribution >= 0.6 is 0 Å². The Morgan fingerprint density at radius 1 is 0.491 bits per heavy atom. The normalized spacial score (nSPS) is 12.8. The minimum atomic E-state index is -0.870. The maximum Gasteiger partial charge on any atom is 0.362 e. The summed E-state index contributed by atoms with van der Waals surface area (Å²) in [6, 6.07) is -0.607. The van der Waals surface area contributed by atoms with Crippen molar-refractivity contribution in [2.24, 2.45) is 0 Å². The summed E-state index contributed by atoms with van der Waals surface area (Å²) in [5, 5.41) is 9.61. The van der Waals surface area contributed by atoms with Gasteiger partial charge in [0.1, 0.15) is 6.61 Å². The topological polar surface area (TPSA) is 99.1 Å². The summed E-state index contributed by atoms with van der Waals surface area (Å²) >= 11 is 0. The van der Waals surface area contributed by atoms with E-state index in [1.807, 2.05) is 21.1 Å². The van der Waals surface area contributed by atoms with Crippen LogP contribution in [0.1, 0.15) is 219 Å². The maximum atomic E-state index is 12.7. The molecule has 0 bridgehead atoms. The molecule has 0 radical (unpaired) electrons. The van der Waals surface area contributed by atoms with Gasteiger partial charge in [0, 0.05) is 19.3 Å². The first-order valence-corrected chi connectivity index (χ1v) is 22.6. The van der Waals surface area contributed by atoms with Crippen molar-refractivity contribution in [1.29, 1.82) is 0 Å². The number of esters is 2. The van der Waals surface area contributed by atoms with Crippen molar-refractivity contribution in [2.75, 3.05) is 41.0 Å². The lowest BCUT2D eigenvalue weighted by Crippen LogP contribution is -2.50. The third-order valence-corrected chi connectivity index (χ3v) is 10.5. The van der Waals surface area contributed by atoms with Gasteiger partial charge in [0.25, 0.3) is 0 Å². The predicted octanol–water partition coefficient (Wildman–Crippen LogP) is 12.1. The molecule has 0 saturated heterocycles. The number of hydrogen-bond donors (Lipinski definition) is 1. The molecule has 0 aliphatic heterocycles. The fraction of sp³-hybridized carbons (Fsp3) is 0.933. The van der Waals surface area contributed by atoms with Crippen LogP contribution in [-0.2, 0) is 28.6 Å². The first-order valence-electron chi connectivity index (χ1n) is 22.6. The van der Waals surface area contributed by atoms with E-state index in [9.17, 15) is 19.5 Å². The molecule has 0 heterocycles. The van der Waals surface area contributed by atoms with E-state index in [1.54, 1.807) is 0 Å². The Hall–Kier alpha value is -1.67. The van der Waals surface area contributed by atoms with Crippen molar-refractivity contribution in [3.8, 4) is 0 Å². The number of nitrogens with zero attached hydrogens (tertiary/aromatic N) is 1. The van der Waals surface area contributed by atoms with Gasteiger partial charge in [-0.15, -0.1) is 0 Å². The number of hydrogen-bond acceptors (Lipinski definition) is 6. The Kier molecular flexibility index (Phi) is 36.1. The number of carboxylic acids is 1. The van der Waals surface area contributed by atoms with Gasteiger partial charge < -0.3 is 23.8 Å². The van der Waals surface area contributed by atoms with Crippen molar-refractivity contribution in [1.82, 2.24) is 0 Å². The summed E-state index contributed by atoms with van der Waals surface area (Å²) in [5.41, 5.74) is 0. The van der Waals surface area contributed by atoms with Crippen molar-refractivity contribution in [3.63, 3.8) is 0 Å². The van der Waals surface area contributed by atoms with E-state index >= 15 is 0 Å². The first-order chi connectivity index (χ1) is 25.6. The SMILES string of the molecule is CCCCCCCCCCCCCCCCCCC(=O)OC(COCCC(C(=O)O)[N+](C)(C)C)COC(=O)CCCCCCCCCCCCCCC. The third kappa shape index (κ3) is 35.8. The molecule has 1 N–H and O–H groups in total. The van der Waals surface area contributed by atoms with Crippen LogP contribution in [0.25, 0.3) is 0 Å². The van der Waals surface area contributed by atoms with E-state index in [1.165, 1.54) is 148 Å². The van der Waals surface area contributed by atoms with Crippen LogP contribution in [0.4, 0.5) is 0 Å². The summed E-state index contributed by atoms with van der Waals surface area (Å²) in [7, 11) is 5.54. The Bertz CT molecular complexity index is 843. The summed E-state index contributed by atoms with van der Waals surface area (Å²) < 4.78 is 17.3. The molecule has 0 spiro atoms. The summed E-state index contributed by atoms with van der Waals surface area (Å²) in [4.78, 5) is 36.9. The smallest absolute Gasteiger partial charge is 0.362 e. The minimum absolute atomic E-state index is 0.0420. The molecule has 0 aromatic carbocycles. The summed E-state index contributed by atoms with van der Waals surface area (Å²) in [6.07, 6.45) is 37.1. The summed E-state index contributed by atoms with van der Waals surface area (Å²) in [6.45, 7) is 4.77. The van der Waals surface area contributed by atoms with Crippen LogP contribution in [0.5, 0.6) is 0 Å². The van der Waals surface area contributed by atoms with Crippen LogP contribution in [0.3, 0.4) is 0 Å². The Labute approximate surface area is 327 Å². The van der Waals surface area contributed by atoms with Gasteiger partial charge in [-0.05, 0) is 12.8 Å². The molecule has 0 saturated carbocycles. The molecule has 0 fully saturated rings. The predicted molar refractivity (Wildman–Crippen MR) is 220 cm³/mol. The Morgan fingerprint density at radius 2 is 0.830 bits per heavy atom. The molecule has 0 rings (SSSR count). The fourth-order valence-electron chi connectivity index (χ4n) is 6.98. The number of quaternary nitrogens is 1. The zero-order chi connectivity index (χ0) is 39.3. The molecular weight excluding hydrogens is 666 g/mol. The average Bonchev–Trinajstić information content (AvgIpc) is 3.11. The van der Waals surface area contributed by atoms with Crippen LogP contribution in [0.2, 0.25) is 0 Å². The molecule has 0 aliphatic rings. The highest BCUT2D eigenvalue weighted by molar-refractivity contribution is 5.72. The van der Waals surface area contributed by atoms with E-state index in [0.717, 1.165) is 38.5 Å². The highest BCUT2D eigenvalue weighted by Gasteiger charge is 2.31. The van der Waals surface area contributed by atoms with E-state index in [0.29, 0.717) is 19.3 Å². The lowest BCUT2D eigenvalue weighted by atomic mass is 10.0. The van der Waals surface area contributed by atoms with Crippen LogP contribution in [-0.4, -0.2) is 80.6 Å². The lowest BCUT2D eigenvalue weighted by Gasteiger charge is -2.31. The monoisotopic (exact) mass is 755 g/mol. The van der Waals surface area contributed by atoms with Gasteiger partial charge in [0.2, 0.25) is 0 Å². The quantitative estimate of drug-likeness (QED) is 0.0377. The molecule has 53 heavy (non-hydrogen) atoms. The van der Waals surface area contributed by atoms with Gasteiger partial charge in [0.05, 0.1) is 34.4 Å². The number of carbonyl (C=O) groups is 3. The van der Waals surface area contributed by atoms with Crippen molar-refractivity contribution >= 4 is 17.9 Å². The Balaban J connectivity index is 4.28. The molecule has 0 aromatic heterocycles. The number of rotatable bonds is 41. The van der Waals surface area contributed by atoms with Gasteiger partial charge in [-0.3, -0.25) is 9.59 Å². The van der Waals surface area contributed by atoms with Crippen LogP contribution in [0, 0.1) is 0 Å². The number of carboxylic acid groups (broad SMARTS) is 1. The van der Waals surface area contributed by atoms with E-state index in [-0.39, 0.29) is 36.2 Å². The van der Waals surface area contributed by atoms with E-state index in [2.05, 4.69) is 13.8 Å². The molecule has 8 nitrogen and oxygen atoms in total. The molecule has 0 aliphatic carbocycles. The number of unbranched alkanes of at least 4 members (excludes halogenated alkanes) is 27. The van der Waals surface area contributed by atoms with Crippen LogP contribution in [0.15, 0.2) is 0 Å². The second kappa shape index (κ2) is 37.3. The van der Waals surface area contributed by atoms with Crippen LogP contribution < -0.4 is 0 Å². The molecule has 314 valence electrons. The van der Waals surface area contributed by atoms with Gasteiger partial charge in [0.15, 0.2) is 12.1 Å². The van der Waals surface area contributed by atoms with Crippen molar-refractivity contribution in [2.45, 2.75) is 231 Å². The zero-order valence-electron chi connectivity index (χ0n) is 35.7. The molecule has 8 heteroatoms. The number of ether oxygens (including phenoxy) is 3. The fourth-order valence-corrected chi connectivity index (χ4v) is 6.98. The molecule has 0 amide bonds. The third-order valence-electron chi connectivity index (χ3n) is 10.5. The zero-order valence-corrected chi connectivity index (χ0v) is 35.7. The second-order valence-corrected chi connectivity index (χ2v) is 16.7. The van der Waals surface area contributed by atoms with Crippen molar-refractivity contribution in [3.05, 3.63) is 0 Å². The number of likely N-dealkylation sites (N-methyl/N-ethyl adjacent to an activating group) is 1. The number of carbonyl (C=O) groups excluding carboxylic acids is 2. The van der Waals surface area contributed by atoms with Crippen molar-refractivity contribution < 1.29 is 38.2 Å². The number of aliphatic carboxylic acids is 1. The standard InChI is InChI=1S/C45H87NO7/c1-6-8-10-12-14-16-18-20-21-22-24-26-28-30-32-34-36-44(48)53-41(39-51-38-37-42(45(49)50)46(3,4)5)40-52-43(47)35-33-31-29-27-25-23-19-17-15-13-11-9-7-2/h41-42H,6-40H2,1-5H3/p+1. The van der Waals surface area contributed by atoms with E-state index < -0.39 is 18.1 Å². The van der Waals surface area contributed by atoms with Gasteiger partial charge in [-0.25, -0.2) is 4.79 Å². The second-order valence-electron chi connectivity index (χ2n) is 16.7. The largest absolute Gasteiger partial charge is 0.477 e. The molecule has 0 aromatic rings. The maximum absolute atomic E-state index is 12.7. The minimum Gasteiger partial charge on any atom is -0.477 e. The lowest BCUT2D eigenvalue weighted by molar-refractivity contribution is -0.887.